The SMILES string of the molecule is CC1=CC(=O)C(NC(=O)N[C@@H](CC(=O)O)c2cc(F)cc(-c3ccccc3C)c2C)C(=O)N1C.[H-].[Na+]. The average Bonchev–Trinajstić information content (AvgIpc) is 2.76. The Morgan fingerprint density at radius 3 is 2.43 bits per heavy atom. The number of hydrogen-bond donors (Lipinski definition) is 3. The van der Waals surface area contributed by atoms with Gasteiger partial charge in [-0.1, -0.05) is 24.3 Å². The zero-order valence-electron chi connectivity index (χ0n) is 21.3. The van der Waals surface area contributed by atoms with E-state index >= 15 is 0 Å². The Hall–Kier alpha value is -3.01. The van der Waals surface area contributed by atoms with Crippen LogP contribution in [0.3, 0.4) is 0 Å². The Kier molecular flexibility index (Phi) is 9.37. The van der Waals surface area contributed by atoms with Crippen molar-refractivity contribution in [2.24, 2.45) is 0 Å². The van der Waals surface area contributed by atoms with Gasteiger partial charge in [-0.05, 0) is 60.7 Å². The van der Waals surface area contributed by atoms with Gasteiger partial charge < -0.3 is 22.1 Å². The van der Waals surface area contributed by atoms with Gasteiger partial charge in [-0.3, -0.25) is 14.4 Å². The number of likely N-dealkylation sites (N-methyl/N-ethyl adjacent to an activating group) is 1. The van der Waals surface area contributed by atoms with Crippen LogP contribution in [0.4, 0.5) is 9.18 Å². The molecule has 1 heterocycles. The van der Waals surface area contributed by atoms with Gasteiger partial charge in [-0.25, -0.2) is 9.18 Å². The topological polar surface area (TPSA) is 116 Å². The number of benzene rings is 2. The zero-order valence-corrected chi connectivity index (χ0v) is 22.3. The fraction of sp³-hybridized carbons (Fsp3) is 0.280. The minimum Gasteiger partial charge on any atom is -1.00 e. The summed E-state index contributed by atoms with van der Waals surface area (Å²) in [7, 11) is 1.48. The van der Waals surface area contributed by atoms with E-state index in [1.165, 1.54) is 30.2 Å². The summed E-state index contributed by atoms with van der Waals surface area (Å²) in [6.45, 7) is 5.20. The molecule has 8 nitrogen and oxygen atoms in total. The summed E-state index contributed by atoms with van der Waals surface area (Å²) in [5.74, 6) is -3.00. The van der Waals surface area contributed by atoms with E-state index in [2.05, 4.69) is 10.6 Å². The van der Waals surface area contributed by atoms with Gasteiger partial charge >= 0.3 is 41.6 Å². The third kappa shape index (κ3) is 6.36. The Labute approximate surface area is 226 Å². The molecule has 3 rings (SSSR count). The van der Waals surface area contributed by atoms with Crippen LogP contribution < -0.4 is 40.2 Å². The average molecular weight is 491 g/mol. The van der Waals surface area contributed by atoms with Gasteiger partial charge in [0, 0.05) is 18.8 Å². The summed E-state index contributed by atoms with van der Waals surface area (Å²) in [4.78, 5) is 50.2. The molecular formula is C25H27FN3NaO5. The number of allylic oxidation sites excluding steroid dienone is 1. The van der Waals surface area contributed by atoms with Gasteiger partial charge in [0.2, 0.25) is 0 Å². The van der Waals surface area contributed by atoms with Crippen LogP contribution in [0.15, 0.2) is 48.2 Å². The molecule has 1 aliphatic heterocycles. The van der Waals surface area contributed by atoms with Crippen LogP contribution in [0, 0.1) is 19.7 Å². The molecule has 1 unspecified atom stereocenters. The van der Waals surface area contributed by atoms with Crippen LogP contribution in [0.1, 0.15) is 37.5 Å². The molecule has 0 aromatic heterocycles. The summed E-state index contributed by atoms with van der Waals surface area (Å²) >= 11 is 0. The molecule has 180 valence electrons. The van der Waals surface area contributed by atoms with Crippen molar-refractivity contribution in [1.29, 1.82) is 0 Å². The molecule has 0 radical (unpaired) electrons. The molecule has 1 aliphatic rings. The number of halogens is 1. The number of hydrogen-bond acceptors (Lipinski definition) is 4. The number of carbonyl (C=O) groups excluding carboxylic acids is 3. The van der Waals surface area contributed by atoms with E-state index in [4.69, 9.17) is 0 Å². The Bertz CT molecular complexity index is 1220. The van der Waals surface area contributed by atoms with E-state index < -0.39 is 48.0 Å². The number of rotatable bonds is 6. The summed E-state index contributed by atoms with van der Waals surface area (Å²) in [5.41, 5.74) is 3.59. The van der Waals surface area contributed by atoms with Gasteiger partial charge in [0.1, 0.15) is 5.82 Å². The molecule has 2 atom stereocenters. The van der Waals surface area contributed by atoms with Crippen molar-refractivity contribution >= 4 is 23.7 Å². The van der Waals surface area contributed by atoms with Crippen LogP contribution in [-0.2, 0) is 14.4 Å². The van der Waals surface area contributed by atoms with E-state index in [1.54, 1.807) is 13.8 Å². The number of carbonyl (C=O) groups is 4. The van der Waals surface area contributed by atoms with Crippen LogP contribution in [0.25, 0.3) is 11.1 Å². The maximum atomic E-state index is 14.6. The van der Waals surface area contributed by atoms with E-state index in [1.807, 2.05) is 31.2 Å². The fourth-order valence-corrected chi connectivity index (χ4v) is 3.97. The molecule has 2 aromatic carbocycles. The van der Waals surface area contributed by atoms with Gasteiger partial charge in [-0.15, -0.1) is 0 Å². The van der Waals surface area contributed by atoms with Crippen molar-refractivity contribution in [3.05, 3.63) is 70.7 Å². The first kappa shape index (κ1) is 28.2. The smallest absolute Gasteiger partial charge is 1.00 e. The quantitative estimate of drug-likeness (QED) is 0.399. The Balaban J connectivity index is 0.00000324. The van der Waals surface area contributed by atoms with E-state index in [0.717, 1.165) is 11.1 Å². The standard InChI is InChI=1S/C25H26FN3O5.Na.H/c1-13-7-5-6-8-17(13)18-10-16(26)11-19(15(18)3)20(12-22(31)32)27-25(34)28-23-21(30)9-14(2)29(4)24(23)33;;/h5-11,20,23H,12H2,1-4H3,(H,31,32)(H2,27,28,34);;/q;+1;-1/t20-,23?;;/m0../s1. The number of ketones is 1. The number of carboxylic acid groups (broad SMARTS) is 1. The van der Waals surface area contributed by atoms with Crippen molar-refractivity contribution in [3.63, 3.8) is 0 Å². The number of urea groups is 1. The largest absolute Gasteiger partial charge is 1.00 e. The summed E-state index contributed by atoms with van der Waals surface area (Å²) < 4.78 is 14.6. The first-order valence-corrected chi connectivity index (χ1v) is 10.6. The number of aryl methyl sites for hydroxylation is 1. The van der Waals surface area contributed by atoms with Gasteiger partial charge in [0.25, 0.3) is 5.91 Å². The monoisotopic (exact) mass is 491 g/mol. The zero-order chi connectivity index (χ0) is 25.2. The molecule has 0 saturated heterocycles. The number of amides is 3. The second-order valence-corrected chi connectivity index (χ2v) is 8.27. The molecule has 0 spiro atoms. The molecular weight excluding hydrogens is 464 g/mol. The molecule has 10 heteroatoms. The number of aliphatic carboxylic acids is 1. The molecule has 0 fully saturated rings. The predicted octanol–water partition coefficient (Wildman–Crippen LogP) is 0.355. The molecule has 3 amide bonds. The van der Waals surface area contributed by atoms with E-state index in [-0.39, 0.29) is 36.5 Å². The Morgan fingerprint density at radius 1 is 1.14 bits per heavy atom. The van der Waals surface area contributed by atoms with Crippen molar-refractivity contribution in [3.8, 4) is 11.1 Å². The van der Waals surface area contributed by atoms with Crippen LogP contribution in [-0.4, -0.2) is 46.8 Å². The van der Waals surface area contributed by atoms with Crippen LogP contribution >= 0.6 is 0 Å². The first-order chi connectivity index (χ1) is 16.0. The van der Waals surface area contributed by atoms with Crippen molar-refractivity contribution in [1.82, 2.24) is 15.5 Å². The molecule has 0 aliphatic carbocycles. The van der Waals surface area contributed by atoms with Gasteiger partial charge in [-0.2, -0.15) is 0 Å². The Morgan fingerprint density at radius 2 is 1.80 bits per heavy atom. The molecule has 0 bridgehead atoms. The summed E-state index contributed by atoms with van der Waals surface area (Å²) in [5, 5.41) is 14.2. The minimum absolute atomic E-state index is 0. The van der Waals surface area contributed by atoms with Crippen molar-refractivity contribution in [2.75, 3.05) is 7.05 Å². The van der Waals surface area contributed by atoms with Crippen LogP contribution in [0.2, 0.25) is 0 Å². The molecule has 3 N–H and O–H groups in total. The van der Waals surface area contributed by atoms with Gasteiger partial charge in [0.05, 0.1) is 12.5 Å². The molecule has 2 aromatic rings. The fourth-order valence-electron chi connectivity index (χ4n) is 3.97. The third-order valence-electron chi connectivity index (χ3n) is 5.93. The van der Waals surface area contributed by atoms with E-state index in [9.17, 15) is 28.7 Å². The number of nitrogens with zero attached hydrogens (tertiary/aromatic N) is 1. The number of nitrogens with one attached hydrogen (secondary N) is 2. The molecule has 35 heavy (non-hydrogen) atoms. The number of carboxylic acids is 1. The summed E-state index contributed by atoms with van der Waals surface area (Å²) in [6.07, 6.45) is 0.711. The maximum Gasteiger partial charge on any atom is 1.00 e. The minimum atomic E-state index is -1.43. The summed E-state index contributed by atoms with van der Waals surface area (Å²) in [6, 6.07) is 6.47. The van der Waals surface area contributed by atoms with Crippen molar-refractivity contribution < 1.29 is 59.7 Å². The second kappa shape index (κ2) is 11.6. The van der Waals surface area contributed by atoms with Crippen molar-refractivity contribution in [2.45, 2.75) is 39.3 Å². The third-order valence-corrected chi connectivity index (χ3v) is 5.93. The normalized spacial score (nSPS) is 16.2. The van der Waals surface area contributed by atoms with Crippen LogP contribution in [0.5, 0.6) is 0 Å². The maximum absolute atomic E-state index is 14.6. The first-order valence-electron chi connectivity index (χ1n) is 10.6. The predicted molar refractivity (Wildman–Crippen MR) is 124 cm³/mol. The van der Waals surface area contributed by atoms with Gasteiger partial charge in [0.15, 0.2) is 11.8 Å². The molecule has 0 saturated carbocycles. The second-order valence-electron chi connectivity index (χ2n) is 8.27. The van der Waals surface area contributed by atoms with E-state index in [0.29, 0.717) is 16.8 Å².